The van der Waals surface area contributed by atoms with E-state index in [-0.39, 0.29) is 25.9 Å². The molecule has 2 aromatic carbocycles. The van der Waals surface area contributed by atoms with Crippen molar-refractivity contribution in [3.05, 3.63) is 87.7 Å². The lowest BCUT2D eigenvalue weighted by atomic mass is 9.95. The van der Waals surface area contributed by atoms with Crippen LogP contribution in [0.15, 0.2) is 60.8 Å². The maximum atomic E-state index is 11.3. The molecule has 2 heterocycles. The first-order valence-corrected chi connectivity index (χ1v) is 12.6. The van der Waals surface area contributed by atoms with Crippen LogP contribution < -0.4 is 9.64 Å². The van der Waals surface area contributed by atoms with E-state index in [1.165, 1.54) is 0 Å². The second-order valence-corrected chi connectivity index (χ2v) is 9.99. The highest BCUT2D eigenvalue weighted by atomic mass is 35.5. The molecule has 2 atom stereocenters. The molecule has 0 radical (unpaired) electrons. The van der Waals surface area contributed by atoms with Gasteiger partial charge in [0.2, 0.25) is 0 Å². The average Bonchev–Trinajstić information content (AvgIpc) is 2.88. The van der Waals surface area contributed by atoms with Crippen LogP contribution in [0.1, 0.15) is 29.8 Å². The van der Waals surface area contributed by atoms with Gasteiger partial charge in [0.05, 0.1) is 35.7 Å². The minimum absolute atomic E-state index is 0.0246. The van der Waals surface area contributed by atoms with E-state index in [1.54, 1.807) is 25.3 Å². The monoisotopic (exact) mass is 531 g/mol. The van der Waals surface area contributed by atoms with Gasteiger partial charge in [0.1, 0.15) is 18.0 Å². The number of aromatic nitrogens is 1. The number of pyridine rings is 1. The van der Waals surface area contributed by atoms with Crippen LogP contribution in [0.3, 0.4) is 0 Å². The third-order valence-corrected chi connectivity index (χ3v) is 7.00. The second kappa shape index (κ2) is 11.8. The standard InChI is InChI=1S/C27H31Cl2N3O4/c1-27(35,20-4-7-22(17-34)30-15-20)18-31-10-11-32(26(16-31)19-2-5-21(28)6-3-19)25-9-8-23(14-24(25)29)36-13-12-33/h2-9,14-15,26,33-35H,10-13,16-18H2,1H3/t26-,27+/m0/s1. The molecule has 7 nitrogen and oxygen atoms in total. The smallest absolute Gasteiger partial charge is 0.121 e. The Morgan fingerprint density at radius 2 is 1.83 bits per heavy atom. The topological polar surface area (TPSA) is 89.3 Å². The second-order valence-electron chi connectivity index (χ2n) is 9.15. The summed E-state index contributed by atoms with van der Waals surface area (Å²) in [5.74, 6) is 0.608. The van der Waals surface area contributed by atoms with Crippen LogP contribution in [0.5, 0.6) is 5.75 Å². The lowest BCUT2D eigenvalue weighted by Crippen LogP contribution is -2.52. The number of halogens is 2. The summed E-state index contributed by atoms with van der Waals surface area (Å²) < 4.78 is 5.51. The molecule has 0 saturated carbocycles. The minimum atomic E-state index is -1.11. The Bertz CT molecular complexity index is 1140. The number of nitrogens with zero attached hydrogens (tertiary/aromatic N) is 3. The van der Waals surface area contributed by atoms with Gasteiger partial charge < -0.3 is 25.0 Å². The third kappa shape index (κ3) is 6.29. The van der Waals surface area contributed by atoms with Crippen LogP contribution >= 0.6 is 23.2 Å². The van der Waals surface area contributed by atoms with Crippen molar-refractivity contribution >= 4 is 28.9 Å². The zero-order chi connectivity index (χ0) is 25.7. The van der Waals surface area contributed by atoms with Crippen molar-refractivity contribution in [2.45, 2.75) is 25.2 Å². The normalized spacial score (nSPS) is 18.2. The number of β-amino-alcohol motifs (C(OH)–C–C–N with tert-alkyl or cyclic N) is 1. The lowest BCUT2D eigenvalue weighted by molar-refractivity contribution is 0.00997. The van der Waals surface area contributed by atoms with E-state index in [0.717, 1.165) is 17.8 Å². The van der Waals surface area contributed by atoms with E-state index < -0.39 is 5.60 Å². The van der Waals surface area contributed by atoms with Crippen molar-refractivity contribution in [3.63, 3.8) is 0 Å². The summed E-state index contributed by atoms with van der Waals surface area (Å²) in [5, 5.41) is 30.8. The first kappa shape index (κ1) is 26.7. The van der Waals surface area contributed by atoms with Crippen LogP contribution in [-0.4, -0.2) is 64.6 Å². The molecule has 0 unspecified atom stereocenters. The summed E-state index contributed by atoms with van der Waals surface area (Å²) in [5.41, 5.74) is 2.14. The molecule has 1 aliphatic rings. The number of piperazine rings is 1. The lowest BCUT2D eigenvalue weighted by Gasteiger charge is -2.45. The summed E-state index contributed by atoms with van der Waals surface area (Å²) in [6, 6.07) is 16.9. The maximum absolute atomic E-state index is 11.3. The zero-order valence-corrected chi connectivity index (χ0v) is 21.7. The molecule has 3 aromatic rings. The quantitative estimate of drug-likeness (QED) is 0.384. The van der Waals surface area contributed by atoms with Gasteiger partial charge in [0.25, 0.3) is 0 Å². The van der Waals surface area contributed by atoms with Crippen LogP contribution in [0, 0.1) is 0 Å². The molecule has 1 fully saturated rings. The summed E-state index contributed by atoms with van der Waals surface area (Å²) in [6.45, 7) is 4.30. The van der Waals surface area contributed by atoms with Crippen molar-refractivity contribution in [1.29, 1.82) is 0 Å². The number of ether oxygens (including phenoxy) is 1. The van der Waals surface area contributed by atoms with Crippen molar-refractivity contribution < 1.29 is 20.1 Å². The molecule has 1 aromatic heterocycles. The van der Waals surface area contributed by atoms with Gasteiger partial charge in [-0.2, -0.15) is 0 Å². The Morgan fingerprint density at radius 3 is 2.47 bits per heavy atom. The average molecular weight is 532 g/mol. The van der Waals surface area contributed by atoms with E-state index in [2.05, 4.69) is 14.8 Å². The summed E-state index contributed by atoms with van der Waals surface area (Å²) >= 11 is 12.8. The highest BCUT2D eigenvalue weighted by molar-refractivity contribution is 6.33. The molecule has 4 rings (SSSR count). The number of benzene rings is 2. The number of hydrogen-bond donors (Lipinski definition) is 3. The Hall–Kier alpha value is -2.39. The van der Waals surface area contributed by atoms with E-state index in [1.807, 2.05) is 42.5 Å². The van der Waals surface area contributed by atoms with E-state index in [9.17, 15) is 10.2 Å². The number of anilines is 1. The molecule has 0 aliphatic carbocycles. The Kier molecular flexibility index (Phi) is 8.72. The van der Waals surface area contributed by atoms with Crippen LogP contribution in [0.4, 0.5) is 5.69 Å². The van der Waals surface area contributed by atoms with Crippen LogP contribution in [0.2, 0.25) is 10.0 Å². The molecule has 36 heavy (non-hydrogen) atoms. The first-order valence-electron chi connectivity index (χ1n) is 11.9. The van der Waals surface area contributed by atoms with Gasteiger partial charge in [-0.05, 0) is 42.8 Å². The van der Waals surface area contributed by atoms with E-state index >= 15 is 0 Å². The molecule has 0 bridgehead atoms. The summed E-state index contributed by atoms with van der Waals surface area (Å²) in [4.78, 5) is 8.73. The van der Waals surface area contributed by atoms with Gasteiger partial charge in [0.15, 0.2) is 0 Å². The van der Waals surface area contributed by atoms with E-state index in [0.29, 0.717) is 46.7 Å². The Morgan fingerprint density at radius 1 is 1.06 bits per heavy atom. The molecule has 1 saturated heterocycles. The molecular formula is C27H31Cl2N3O4. The number of aliphatic hydroxyl groups excluding tert-OH is 2. The van der Waals surface area contributed by atoms with Crippen molar-refractivity contribution in [1.82, 2.24) is 9.88 Å². The third-order valence-electron chi connectivity index (χ3n) is 6.45. The van der Waals surface area contributed by atoms with Crippen molar-refractivity contribution in [2.75, 3.05) is 44.3 Å². The van der Waals surface area contributed by atoms with Gasteiger partial charge in [-0.1, -0.05) is 41.4 Å². The number of rotatable bonds is 9. The summed E-state index contributed by atoms with van der Waals surface area (Å²) in [7, 11) is 0. The van der Waals surface area contributed by atoms with E-state index in [4.69, 9.17) is 33.0 Å². The zero-order valence-electron chi connectivity index (χ0n) is 20.1. The van der Waals surface area contributed by atoms with Crippen LogP contribution in [-0.2, 0) is 12.2 Å². The Balaban J connectivity index is 1.57. The van der Waals surface area contributed by atoms with Gasteiger partial charge in [-0.3, -0.25) is 9.88 Å². The van der Waals surface area contributed by atoms with Gasteiger partial charge >= 0.3 is 0 Å². The SMILES string of the molecule is C[C@@](O)(CN1CCN(c2ccc(OCCO)cc2Cl)[C@H](c2ccc(Cl)cc2)C1)c1ccc(CO)nc1. The first-order chi connectivity index (χ1) is 17.3. The number of hydrogen-bond acceptors (Lipinski definition) is 7. The fourth-order valence-electron chi connectivity index (χ4n) is 4.58. The highest BCUT2D eigenvalue weighted by Crippen LogP contribution is 2.38. The van der Waals surface area contributed by atoms with Gasteiger partial charge in [-0.15, -0.1) is 0 Å². The molecule has 0 spiro atoms. The molecule has 9 heteroatoms. The fraction of sp³-hybridized carbons (Fsp3) is 0.370. The molecular weight excluding hydrogens is 501 g/mol. The molecule has 0 amide bonds. The molecule has 3 N–H and O–H groups in total. The summed E-state index contributed by atoms with van der Waals surface area (Å²) in [6.07, 6.45) is 1.62. The van der Waals surface area contributed by atoms with Gasteiger partial charge in [-0.25, -0.2) is 0 Å². The van der Waals surface area contributed by atoms with Crippen molar-refractivity contribution in [2.24, 2.45) is 0 Å². The largest absolute Gasteiger partial charge is 0.491 e. The Labute approximate surface area is 221 Å². The minimum Gasteiger partial charge on any atom is -0.491 e. The van der Waals surface area contributed by atoms with Crippen molar-refractivity contribution in [3.8, 4) is 5.75 Å². The fourth-order valence-corrected chi connectivity index (χ4v) is 4.98. The highest BCUT2D eigenvalue weighted by Gasteiger charge is 2.34. The van der Waals surface area contributed by atoms with Gasteiger partial charge in [0, 0.05) is 49.0 Å². The predicted molar refractivity (Wildman–Crippen MR) is 142 cm³/mol. The predicted octanol–water partition coefficient (Wildman–Crippen LogP) is 4.02. The number of aliphatic hydroxyl groups is 3. The molecule has 1 aliphatic heterocycles. The van der Waals surface area contributed by atoms with Crippen LogP contribution in [0.25, 0.3) is 0 Å². The molecule has 192 valence electrons. The maximum Gasteiger partial charge on any atom is 0.121 e.